The fraction of sp³-hybridized carbons (Fsp3) is 0.500. The van der Waals surface area contributed by atoms with E-state index in [9.17, 15) is 0 Å². The SMILES string of the molecule is CCOCC1CCN(C(=NCCc2ccco2)NC(C)c2ccccc2)C1.I. The van der Waals surface area contributed by atoms with Crippen molar-refractivity contribution < 1.29 is 9.15 Å². The Hall–Kier alpha value is -1.54. The lowest BCUT2D eigenvalue weighted by atomic mass is 10.1. The quantitative estimate of drug-likeness (QED) is 0.332. The minimum absolute atomic E-state index is 0. The number of hydrogen-bond acceptors (Lipinski definition) is 3. The number of aliphatic imine (C=N–C) groups is 1. The molecule has 0 amide bonds. The highest BCUT2D eigenvalue weighted by atomic mass is 127. The first-order chi connectivity index (χ1) is 13.3. The maximum atomic E-state index is 5.63. The molecule has 2 heterocycles. The van der Waals surface area contributed by atoms with Crippen LogP contribution in [-0.2, 0) is 11.2 Å². The number of guanidine groups is 1. The molecule has 0 spiro atoms. The van der Waals surface area contributed by atoms with Crippen LogP contribution in [0.4, 0.5) is 0 Å². The first-order valence-electron chi connectivity index (χ1n) is 9.97. The lowest BCUT2D eigenvalue weighted by Gasteiger charge is -2.25. The molecule has 1 aromatic heterocycles. The van der Waals surface area contributed by atoms with Crippen molar-refractivity contribution in [2.75, 3.05) is 32.8 Å². The van der Waals surface area contributed by atoms with E-state index in [4.69, 9.17) is 14.1 Å². The highest BCUT2D eigenvalue weighted by Crippen LogP contribution is 2.19. The van der Waals surface area contributed by atoms with Gasteiger partial charge in [0.25, 0.3) is 0 Å². The van der Waals surface area contributed by atoms with Crippen molar-refractivity contribution >= 4 is 29.9 Å². The van der Waals surface area contributed by atoms with Crippen molar-refractivity contribution in [2.24, 2.45) is 10.9 Å². The molecule has 1 N–H and O–H groups in total. The van der Waals surface area contributed by atoms with Crippen molar-refractivity contribution in [1.29, 1.82) is 0 Å². The van der Waals surface area contributed by atoms with Gasteiger partial charge in [-0.3, -0.25) is 4.99 Å². The van der Waals surface area contributed by atoms with E-state index in [2.05, 4.69) is 48.3 Å². The second-order valence-corrected chi connectivity index (χ2v) is 7.07. The van der Waals surface area contributed by atoms with Gasteiger partial charge in [0.15, 0.2) is 5.96 Å². The van der Waals surface area contributed by atoms with E-state index < -0.39 is 0 Å². The number of ether oxygens (including phenoxy) is 1. The Morgan fingerprint density at radius 1 is 1.29 bits per heavy atom. The maximum Gasteiger partial charge on any atom is 0.194 e. The van der Waals surface area contributed by atoms with Crippen molar-refractivity contribution in [2.45, 2.75) is 32.7 Å². The van der Waals surface area contributed by atoms with Crippen LogP contribution in [0.25, 0.3) is 0 Å². The lowest BCUT2D eigenvalue weighted by Crippen LogP contribution is -2.41. The number of benzene rings is 1. The third-order valence-corrected chi connectivity index (χ3v) is 4.99. The summed E-state index contributed by atoms with van der Waals surface area (Å²) in [6.07, 6.45) is 3.68. The summed E-state index contributed by atoms with van der Waals surface area (Å²) in [4.78, 5) is 7.26. The third kappa shape index (κ3) is 6.81. The zero-order valence-corrected chi connectivity index (χ0v) is 19.2. The maximum absolute atomic E-state index is 5.63. The molecule has 0 bridgehead atoms. The van der Waals surface area contributed by atoms with Gasteiger partial charge in [-0.25, -0.2) is 0 Å². The molecular weight excluding hydrogens is 465 g/mol. The molecule has 6 heteroatoms. The first-order valence-corrected chi connectivity index (χ1v) is 9.97. The number of furan rings is 1. The molecule has 0 radical (unpaired) electrons. The van der Waals surface area contributed by atoms with Crippen molar-refractivity contribution in [3.05, 3.63) is 60.1 Å². The molecule has 1 saturated heterocycles. The molecule has 2 atom stereocenters. The second-order valence-electron chi connectivity index (χ2n) is 7.07. The highest BCUT2D eigenvalue weighted by molar-refractivity contribution is 14.0. The van der Waals surface area contributed by atoms with Gasteiger partial charge in [-0.1, -0.05) is 30.3 Å². The van der Waals surface area contributed by atoms with Gasteiger partial charge >= 0.3 is 0 Å². The fourth-order valence-electron chi connectivity index (χ4n) is 3.43. The van der Waals surface area contributed by atoms with Gasteiger partial charge in [-0.15, -0.1) is 24.0 Å². The Labute approximate surface area is 185 Å². The summed E-state index contributed by atoms with van der Waals surface area (Å²) in [5, 5.41) is 3.64. The number of rotatable bonds is 8. The van der Waals surface area contributed by atoms with Gasteiger partial charge in [0, 0.05) is 38.6 Å². The van der Waals surface area contributed by atoms with Crippen LogP contribution in [0.3, 0.4) is 0 Å². The summed E-state index contributed by atoms with van der Waals surface area (Å²) in [7, 11) is 0. The number of hydrogen-bond donors (Lipinski definition) is 1. The summed E-state index contributed by atoms with van der Waals surface area (Å²) in [6, 6.07) is 14.6. The molecule has 3 rings (SSSR count). The molecule has 0 saturated carbocycles. The monoisotopic (exact) mass is 497 g/mol. The van der Waals surface area contributed by atoms with Crippen molar-refractivity contribution in [1.82, 2.24) is 10.2 Å². The Balaban J connectivity index is 0.00000280. The molecule has 1 aromatic carbocycles. The molecule has 154 valence electrons. The second kappa shape index (κ2) is 12.1. The minimum Gasteiger partial charge on any atom is -0.469 e. The van der Waals surface area contributed by atoms with Crippen LogP contribution in [0.5, 0.6) is 0 Å². The average molecular weight is 497 g/mol. The lowest BCUT2D eigenvalue weighted by molar-refractivity contribution is 0.114. The number of likely N-dealkylation sites (tertiary alicyclic amines) is 1. The summed E-state index contributed by atoms with van der Waals surface area (Å²) in [5.74, 6) is 2.54. The molecule has 1 aliphatic rings. The highest BCUT2D eigenvalue weighted by Gasteiger charge is 2.26. The van der Waals surface area contributed by atoms with Gasteiger partial charge in [0.2, 0.25) is 0 Å². The molecule has 28 heavy (non-hydrogen) atoms. The molecule has 0 aliphatic carbocycles. The zero-order valence-electron chi connectivity index (χ0n) is 16.8. The Kier molecular flexibility index (Phi) is 9.84. The van der Waals surface area contributed by atoms with Crippen molar-refractivity contribution in [3.63, 3.8) is 0 Å². The predicted molar refractivity (Wildman–Crippen MR) is 124 cm³/mol. The van der Waals surface area contributed by atoms with Gasteiger partial charge in [0.1, 0.15) is 5.76 Å². The molecule has 2 aromatic rings. The molecule has 2 unspecified atom stereocenters. The van der Waals surface area contributed by atoms with Crippen LogP contribution in [0.2, 0.25) is 0 Å². The van der Waals surface area contributed by atoms with E-state index >= 15 is 0 Å². The van der Waals surface area contributed by atoms with Gasteiger partial charge in [-0.2, -0.15) is 0 Å². The molecular formula is C22H32IN3O2. The first kappa shape index (κ1) is 22.7. The summed E-state index contributed by atoms with van der Waals surface area (Å²) in [6.45, 7) is 8.58. The standard InChI is InChI=1S/C22H31N3O2.HI/c1-3-26-17-19-12-14-25(16-19)22(23-13-11-21-10-7-15-27-21)24-18(2)20-8-5-4-6-9-20;/h4-10,15,18-19H,3,11-14,16-17H2,1-2H3,(H,23,24);1H. The molecule has 1 aliphatic heterocycles. The van der Waals surface area contributed by atoms with E-state index in [1.165, 1.54) is 5.56 Å². The summed E-state index contributed by atoms with van der Waals surface area (Å²) < 4.78 is 11.1. The summed E-state index contributed by atoms with van der Waals surface area (Å²) in [5.41, 5.74) is 1.27. The number of halogens is 1. The minimum atomic E-state index is 0. The van der Waals surface area contributed by atoms with Crippen LogP contribution < -0.4 is 5.32 Å². The third-order valence-electron chi connectivity index (χ3n) is 4.99. The van der Waals surface area contributed by atoms with Crippen LogP contribution in [0.15, 0.2) is 58.1 Å². The average Bonchev–Trinajstić information content (AvgIpc) is 3.38. The molecule has 1 fully saturated rings. The topological polar surface area (TPSA) is 50.0 Å². The van der Waals surface area contributed by atoms with E-state index in [1.54, 1.807) is 6.26 Å². The Morgan fingerprint density at radius 3 is 2.82 bits per heavy atom. The summed E-state index contributed by atoms with van der Waals surface area (Å²) >= 11 is 0. The number of nitrogens with one attached hydrogen (secondary N) is 1. The van der Waals surface area contributed by atoms with Crippen LogP contribution in [-0.4, -0.2) is 43.7 Å². The fourth-order valence-corrected chi connectivity index (χ4v) is 3.43. The van der Waals surface area contributed by atoms with Crippen LogP contribution in [0.1, 0.15) is 37.6 Å². The van der Waals surface area contributed by atoms with Crippen molar-refractivity contribution in [3.8, 4) is 0 Å². The van der Waals surface area contributed by atoms with E-state index in [0.717, 1.165) is 50.9 Å². The van der Waals surface area contributed by atoms with Crippen LogP contribution in [0, 0.1) is 5.92 Å². The largest absolute Gasteiger partial charge is 0.469 e. The normalized spacial score (nSPS) is 18.0. The Morgan fingerprint density at radius 2 is 2.11 bits per heavy atom. The molecule has 5 nitrogen and oxygen atoms in total. The van der Waals surface area contributed by atoms with Gasteiger partial charge < -0.3 is 19.4 Å². The Bertz CT molecular complexity index is 691. The smallest absolute Gasteiger partial charge is 0.194 e. The van der Waals surface area contributed by atoms with E-state index in [0.29, 0.717) is 12.5 Å². The van der Waals surface area contributed by atoms with Gasteiger partial charge in [-0.05, 0) is 38.0 Å². The zero-order chi connectivity index (χ0) is 18.9. The van der Waals surface area contributed by atoms with E-state index in [1.807, 2.05) is 18.2 Å². The van der Waals surface area contributed by atoms with Gasteiger partial charge in [0.05, 0.1) is 18.9 Å². The van der Waals surface area contributed by atoms with Crippen LogP contribution >= 0.6 is 24.0 Å². The number of nitrogens with zero attached hydrogens (tertiary/aromatic N) is 2. The predicted octanol–water partition coefficient (Wildman–Crippen LogP) is 4.51. The van der Waals surface area contributed by atoms with E-state index in [-0.39, 0.29) is 30.0 Å².